The van der Waals surface area contributed by atoms with Gasteiger partial charge in [-0.05, 0) is 36.8 Å². The fourth-order valence-electron chi connectivity index (χ4n) is 2.66. The molecule has 0 radical (unpaired) electrons. The first-order valence-electron chi connectivity index (χ1n) is 7.42. The molecule has 0 aliphatic carbocycles. The number of ketones is 1. The summed E-state index contributed by atoms with van der Waals surface area (Å²) in [5, 5.41) is 2.12. The minimum atomic E-state index is 0.141. The quantitative estimate of drug-likeness (QED) is 0.730. The number of benzene rings is 1. The van der Waals surface area contributed by atoms with Gasteiger partial charge in [0, 0.05) is 33.8 Å². The Bertz CT molecular complexity index is 946. The molecule has 3 heterocycles. The van der Waals surface area contributed by atoms with Crippen LogP contribution in [0.1, 0.15) is 15.9 Å². The summed E-state index contributed by atoms with van der Waals surface area (Å²) in [7, 11) is 0. The summed E-state index contributed by atoms with van der Waals surface area (Å²) >= 11 is 3.28. The molecule has 1 aliphatic heterocycles. The van der Waals surface area contributed by atoms with E-state index in [2.05, 4.69) is 21.0 Å². The minimum absolute atomic E-state index is 0.141. The Morgan fingerprint density at radius 3 is 3.09 bits per heavy atom. The summed E-state index contributed by atoms with van der Waals surface area (Å²) in [5.74, 6) is 1.61. The molecule has 23 heavy (non-hydrogen) atoms. The summed E-state index contributed by atoms with van der Waals surface area (Å²) in [5.41, 5.74) is 3.73. The molecular weight excluding hydrogens is 326 g/mol. The predicted octanol–water partition coefficient (Wildman–Crippen LogP) is 4.04. The molecule has 6 heteroatoms. The Balaban J connectivity index is 1.65. The van der Waals surface area contributed by atoms with Crippen LogP contribution < -0.4 is 0 Å². The number of thioether (sulfide) groups is 2. The lowest BCUT2D eigenvalue weighted by molar-refractivity contribution is 0.102. The first-order chi connectivity index (χ1) is 11.2. The molecule has 0 spiro atoms. The minimum Gasteiger partial charge on any atom is -0.339 e. The number of hydrogen-bond donors (Lipinski definition) is 1. The average Bonchev–Trinajstić information content (AvgIpc) is 3.19. The van der Waals surface area contributed by atoms with Gasteiger partial charge in [0.15, 0.2) is 5.78 Å². The number of nitrogens with one attached hydrogen (secondary N) is 1. The van der Waals surface area contributed by atoms with Crippen LogP contribution >= 0.6 is 23.5 Å². The van der Waals surface area contributed by atoms with Gasteiger partial charge in [0.1, 0.15) is 10.0 Å². The number of aromatic nitrogens is 2. The second-order valence-electron chi connectivity index (χ2n) is 5.50. The Morgan fingerprint density at radius 2 is 2.26 bits per heavy atom. The van der Waals surface area contributed by atoms with Gasteiger partial charge in [0.25, 0.3) is 0 Å². The van der Waals surface area contributed by atoms with Crippen molar-refractivity contribution in [2.75, 3.05) is 18.1 Å². The zero-order chi connectivity index (χ0) is 15.8. The normalized spacial score (nSPS) is 14.6. The van der Waals surface area contributed by atoms with E-state index in [-0.39, 0.29) is 5.78 Å². The van der Waals surface area contributed by atoms with E-state index in [4.69, 9.17) is 0 Å². The zero-order valence-corrected chi connectivity index (χ0v) is 14.3. The summed E-state index contributed by atoms with van der Waals surface area (Å²) in [6.45, 7) is 2.89. The van der Waals surface area contributed by atoms with Gasteiger partial charge in [0.2, 0.25) is 0 Å². The molecule has 0 fully saturated rings. The summed E-state index contributed by atoms with van der Waals surface area (Å²) in [6, 6.07) is 7.93. The molecule has 0 saturated heterocycles. The van der Waals surface area contributed by atoms with Crippen molar-refractivity contribution in [3.63, 3.8) is 0 Å². The van der Waals surface area contributed by atoms with Crippen molar-refractivity contribution in [3.05, 3.63) is 41.6 Å². The SMILES string of the molecule is Cc1cnc2[nH]c3ccc(C(=O)CSC4=NCCS4)cc3c2c1. The Labute approximate surface area is 142 Å². The number of nitrogens with zero attached hydrogens (tertiary/aromatic N) is 2. The zero-order valence-electron chi connectivity index (χ0n) is 12.6. The van der Waals surface area contributed by atoms with Crippen molar-refractivity contribution in [3.8, 4) is 0 Å². The van der Waals surface area contributed by atoms with Crippen molar-refractivity contribution < 1.29 is 4.79 Å². The molecule has 4 rings (SSSR count). The molecule has 0 bridgehead atoms. The molecule has 1 aliphatic rings. The number of aromatic amines is 1. The molecule has 1 N–H and O–H groups in total. The number of H-pyrrole nitrogens is 1. The van der Waals surface area contributed by atoms with E-state index in [1.165, 1.54) is 0 Å². The number of aliphatic imine (C=N–C) groups is 1. The number of rotatable bonds is 3. The molecule has 116 valence electrons. The molecule has 3 aromatic rings. The molecule has 0 unspecified atom stereocenters. The number of pyridine rings is 1. The van der Waals surface area contributed by atoms with E-state index in [1.807, 2.05) is 31.3 Å². The van der Waals surface area contributed by atoms with Gasteiger partial charge >= 0.3 is 0 Å². The van der Waals surface area contributed by atoms with Crippen molar-refractivity contribution in [2.45, 2.75) is 6.92 Å². The Kier molecular flexibility index (Phi) is 3.87. The van der Waals surface area contributed by atoms with Gasteiger partial charge in [-0.3, -0.25) is 9.79 Å². The topological polar surface area (TPSA) is 58.1 Å². The molecule has 1 aromatic carbocycles. The van der Waals surface area contributed by atoms with Crippen molar-refractivity contribution in [1.29, 1.82) is 0 Å². The highest BCUT2D eigenvalue weighted by atomic mass is 32.2. The first-order valence-corrected chi connectivity index (χ1v) is 9.39. The molecule has 0 saturated carbocycles. The summed E-state index contributed by atoms with van der Waals surface area (Å²) in [4.78, 5) is 24.5. The second-order valence-corrected chi connectivity index (χ2v) is 7.81. The molecule has 2 aromatic heterocycles. The van der Waals surface area contributed by atoms with Gasteiger partial charge < -0.3 is 4.98 Å². The highest BCUT2D eigenvalue weighted by Gasteiger charge is 2.14. The van der Waals surface area contributed by atoms with Crippen LogP contribution in [0.5, 0.6) is 0 Å². The number of aryl methyl sites for hydroxylation is 1. The van der Waals surface area contributed by atoms with Crippen molar-refractivity contribution in [2.24, 2.45) is 4.99 Å². The number of hydrogen-bond acceptors (Lipinski definition) is 5. The fraction of sp³-hybridized carbons (Fsp3) is 0.235. The number of carbonyl (C=O) groups excluding carboxylic acids is 1. The average molecular weight is 341 g/mol. The fourth-order valence-corrected chi connectivity index (χ4v) is 4.57. The lowest BCUT2D eigenvalue weighted by Crippen LogP contribution is -2.03. The van der Waals surface area contributed by atoms with Crippen molar-refractivity contribution in [1.82, 2.24) is 9.97 Å². The van der Waals surface area contributed by atoms with E-state index in [0.29, 0.717) is 5.75 Å². The monoisotopic (exact) mass is 341 g/mol. The number of carbonyl (C=O) groups is 1. The van der Waals surface area contributed by atoms with E-state index in [0.717, 1.165) is 49.7 Å². The van der Waals surface area contributed by atoms with Crippen LogP contribution in [0.3, 0.4) is 0 Å². The van der Waals surface area contributed by atoms with Crippen LogP contribution in [-0.2, 0) is 0 Å². The van der Waals surface area contributed by atoms with Crippen LogP contribution in [0, 0.1) is 6.92 Å². The van der Waals surface area contributed by atoms with Crippen LogP contribution in [0.4, 0.5) is 0 Å². The highest BCUT2D eigenvalue weighted by Crippen LogP contribution is 2.27. The maximum Gasteiger partial charge on any atom is 0.173 e. The standard InChI is InChI=1S/C17H15N3OS2/c1-10-6-13-12-7-11(2-3-14(12)20-16(13)19-8-10)15(21)9-23-17-18-4-5-22-17/h2-3,6-8H,4-5,9H2,1H3,(H,19,20). The van der Waals surface area contributed by atoms with Gasteiger partial charge in [-0.2, -0.15) is 0 Å². The smallest absolute Gasteiger partial charge is 0.173 e. The lowest BCUT2D eigenvalue weighted by atomic mass is 10.1. The highest BCUT2D eigenvalue weighted by molar-refractivity contribution is 8.39. The third-order valence-corrected chi connectivity index (χ3v) is 6.05. The lowest BCUT2D eigenvalue weighted by Gasteiger charge is -2.02. The van der Waals surface area contributed by atoms with Crippen molar-refractivity contribution >= 4 is 55.6 Å². The van der Waals surface area contributed by atoms with Crippen LogP contribution in [0.15, 0.2) is 35.5 Å². The van der Waals surface area contributed by atoms with E-state index >= 15 is 0 Å². The molecule has 0 atom stereocenters. The maximum atomic E-state index is 12.5. The third-order valence-electron chi connectivity index (χ3n) is 3.79. The van der Waals surface area contributed by atoms with Gasteiger partial charge in [0.05, 0.1) is 12.3 Å². The van der Waals surface area contributed by atoms with E-state index in [1.54, 1.807) is 23.5 Å². The van der Waals surface area contributed by atoms with E-state index < -0.39 is 0 Å². The molecule has 0 amide bonds. The van der Waals surface area contributed by atoms with E-state index in [9.17, 15) is 4.79 Å². The summed E-state index contributed by atoms with van der Waals surface area (Å²) < 4.78 is 1.03. The second kappa shape index (κ2) is 6.02. The molecular formula is C17H15N3OS2. The number of Topliss-reactive ketones (excluding diaryl/α,β-unsaturated/α-hetero) is 1. The third kappa shape index (κ3) is 2.88. The largest absolute Gasteiger partial charge is 0.339 e. The maximum absolute atomic E-state index is 12.5. The van der Waals surface area contributed by atoms with Gasteiger partial charge in [-0.1, -0.05) is 23.5 Å². The summed E-state index contributed by atoms with van der Waals surface area (Å²) in [6.07, 6.45) is 1.85. The van der Waals surface area contributed by atoms with Crippen LogP contribution in [-0.4, -0.2) is 38.2 Å². The number of fused-ring (bicyclic) bond motifs is 3. The Hall–Kier alpha value is -1.79. The van der Waals surface area contributed by atoms with Crippen LogP contribution in [0.25, 0.3) is 21.9 Å². The van der Waals surface area contributed by atoms with Gasteiger partial charge in [-0.15, -0.1) is 0 Å². The Morgan fingerprint density at radius 1 is 1.35 bits per heavy atom. The van der Waals surface area contributed by atoms with Crippen LogP contribution in [0.2, 0.25) is 0 Å². The molecule has 4 nitrogen and oxygen atoms in total. The predicted molar refractivity (Wildman–Crippen MR) is 99.9 cm³/mol. The first kappa shape index (κ1) is 14.8. The van der Waals surface area contributed by atoms with Gasteiger partial charge in [-0.25, -0.2) is 4.98 Å².